The summed E-state index contributed by atoms with van der Waals surface area (Å²) in [6.45, 7) is 4.71. The fraction of sp³-hybridized carbons (Fsp3) is 0.667. The van der Waals surface area contributed by atoms with E-state index in [1.165, 1.54) is 10.8 Å². The van der Waals surface area contributed by atoms with Gasteiger partial charge in [0.2, 0.25) is 0 Å². The first kappa shape index (κ1) is 16.2. The van der Waals surface area contributed by atoms with E-state index in [-0.39, 0.29) is 12.8 Å². The lowest BCUT2D eigenvalue weighted by molar-refractivity contribution is -0.167. The predicted octanol–water partition coefficient (Wildman–Crippen LogP) is 0.0477. The lowest BCUT2D eigenvalue weighted by atomic mass is 10.2. The highest BCUT2D eigenvalue weighted by Crippen LogP contribution is 2.38. The van der Waals surface area contributed by atoms with Gasteiger partial charge in [-0.2, -0.15) is 0 Å². The Labute approximate surface area is 121 Å². The number of aliphatic hydroxyl groups excluding tert-OH is 1. The molecule has 1 fully saturated rings. The molecule has 21 heavy (non-hydrogen) atoms. The number of nitrogens with zero attached hydrogens (tertiary/aromatic N) is 1. The van der Waals surface area contributed by atoms with E-state index < -0.39 is 37.0 Å². The van der Waals surface area contributed by atoms with Crippen LogP contribution in [-0.2, 0) is 14.0 Å². The van der Waals surface area contributed by atoms with E-state index >= 15 is 0 Å². The highest BCUT2D eigenvalue weighted by atomic mass is 31.2. The molecule has 0 radical (unpaired) electrons. The van der Waals surface area contributed by atoms with Crippen molar-refractivity contribution >= 4 is 7.14 Å². The van der Waals surface area contributed by atoms with Crippen molar-refractivity contribution in [3.63, 3.8) is 0 Å². The monoisotopic (exact) mass is 318 g/mol. The number of aromatic amines is 1. The Kier molecular flexibility index (Phi) is 4.53. The van der Waals surface area contributed by atoms with Crippen molar-refractivity contribution in [1.29, 1.82) is 0 Å². The molecule has 2 heterocycles. The van der Waals surface area contributed by atoms with Gasteiger partial charge in [0.15, 0.2) is 6.29 Å². The number of aromatic nitrogens is 2. The van der Waals surface area contributed by atoms with Gasteiger partial charge in [0, 0.05) is 18.2 Å². The number of nitrogens with one attached hydrogen (secondary N) is 1. The zero-order chi connectivity index (χ0) is 15.8. The van der Waals surface area contributed by atoms with Gasteiger partial charge >= 0.3 is 5.69 Å². The highest BCUT2D eigenvalue weighted by molar-refractivity contribution is 7.62. The molecule has 1 saturated heterocycles. The molecule has 0 saturated carbocycles. The van der Waals surface area contributed by atoms with E-state index in [0.717, 1.165) is 0 Å². The molecule has 1 aromatic rings. The molecule has 9 heteroatoms. The number of aliphatic hydroxyl groups is 1. The molecule has 0 aromatic carbocycles. The molecule has 3 atom stereocenters. The van der Waals surface area contributed by atoms with Crippen molar-refractivity contribution in [3.05, 3.63) is 32.6 Å². The average Bonchev–Trinajstić information content (AvgIpc) is 2.72. The molecule has 2 rings (SSSR count). The Bertz CT molecular complexity index is 675. The third kappa shape index (κ3) is 3.91. The number of aryl methyl sites for hydroxylation is 1. The minimum absolute atomic E-state index is 0.0129. The molecule has 0 amide bonds. The van der Waals surface area contributed by atoms with Crippen molar-refractivity contribution in [2.45, 2.75) is 32.0 Å². The van der Waals surface area contributed by atoms with E-state index in [0.29, 0.717) is 5.56 Å². The standard InChI is InChI=1S/C12H19N2O6P/c1-7-5-14(12(17)13-10(7)16)9-4-8(15)11(20-9)19-6-21(2,3)18/h5,8-9,11,15H,4,6H2,1-3H3,(H,13,16,17)/t8-,9+,11-/m1/s1. The Morgan fingerprint density at radius 3 is 2.81 bits per heavy atom. The Morgan fingerprint density at radius 1 is 1.52 bits per heavy atom. The topological polar surface area (TPSA) is 111 Å². The van der Waals surface area contributed by atoms with E-state index in [2.05, 4.69) is 4.98 Å². The van der Waals surface area contributed by atoms with Gasteiger partial charge in [-0.1, -0.05) is 0 Å². The summed E-state index contributed by atoms with van der Waals surface area (Å²) in [5.41, 5.74) is -0.704. The van der Waals surface area contributed by atoms with Crippen LogP contribution < -0.4 is 11.2 Å². The van der Waals surface area contributed by atoms with Crippen LogP contribution in [0.1, 0.15) is 18.2 Å². The van der Waals surface area contributed by atoms with Crippen LogP contribution in [0.2, 0.25) is 0 Å². The van der Waals surface area contributed by atoms with Crippen molar-refractivity contribution < 1.29 is 19.1 Å². The van der Waals surface area contributed by atoms with Crippen LogP contribution in [0, 0.1) is 6.92 Å². The van der Waals surface area contributed by atoms with E-state index in [1.54, 1.807) is 20.3 Å². The minimum Gasteiger partial charge on any atom is -0.388 e. The molecule has 1 aliphatic heterocycles. The minimum atomic E-state index is -2.39. The van der Waals surface area contributed by atoms with Gasteiger partial charge in [-0.25, -0.2) is 4.79 Å². The number of rotatable bonds is 4. The van der Waals surface area contributed by atoms with Gasteiger partial charge < -0.3 is 19.1 Å². The van der Waals surface area contributed by atoms with Crippen molar-refractivity contribution in [2.24, 2.45) is 0 Å². The molecule has 0 unspecified atom stereocenters. The molecule has 1 aliphatic rings. The van der Waals surface area contributed by atoms with Crippen LogP contribution in [0.4, 0.5) is 0 Å². The first-order valence-electron chi connectivity index (χ1n) is 6.48. The van der Waals surface area contributed by atoms with Crippen LogP contribution in [0.15, 0.2) is 15.8 Å². The Hall–Kier alpha value is -1.21. The van der Waals surface area contributed by atoms with E-state index in [1.807, 2.05) is 0 Å². The third-order valence-electron chi connectivity index (χ3n) is 3.05. The summed E-state index contributed by atoms with van der Waals surface area (Å²) in [5, 5.41) is 9.91. The van der Waals surface area contributed by atoms with Gasteiger partial charge in [0.05, 0.1) is 0 Å². The molecular formula is C12H19N2O6P. The molecule has 0 aliphatic carbocycles. The van der Waals surface area contributed by atoms with Crippen LogP contribution in [0.25, 0.3) is 0 Å². The molecule has 1 aromatic heterocycles. The Balaban J connectivity index is 2.14. The smallest absolute Gasteiger partial charge is 0.330 e. The van der Waals surface area contributed by atoms with Gasteiger partial charge in [-0.05, 0) is 20.3 Å². The second-order valence-electron chi connectivity index (χ2n) is 5.61. The van der Waals surface area contributed by atoms with Crippen LogP contribution in [0.3, 0.4) is 0 Å². The van der Waals surface area contributed by atoms with Crippen molar-refractivity contribution in [2.75, 3.05) is 19.7 Å². The highest BCUT2D eigenvalue weighted by Gasteiger charge is 2.37. The van der Waals surface area contributed by atoms with Crippen LogP contribution >= 0.6 is 7.14 Å². The number of H-pyrrole nitrogens is 1. The summed E-state index contributed by atoms with van der Waals surface area (Å²) < 4.78 is 23.6. The second-order valence-corrected chi connectivity index (χ2v) is 9.02. The molecule has 0 spiro atoms. The fourth-order valence-electron chi connectivity index (χ4n) is 2.00. The molecule has 2 N–H and O–H groups in total. The SMILES string of the molecule is Cc1cn([C@@H]2C[C@@H](O)[C@H](OCP(C)(C)=O)O2)c(=O)[nH]c1=O. The maximum atomic E-state index is 11.8. The molecular weight excluding hydrogens is 299 g/mol. The van der Waals surface area contributed by atoms with Gasteiger partial charge in [-0.3, -0.25) is 14.3 Å². The predicted molar refractivity (Wildman–Crippen MR) is 76.0 cm³/mol. The quantitative estimate of drug-likeness (QED) is 0.759. The largest absolute Gasteiger partial charge is 0.388 e. The average molecular weight is 318 g/mol. The molecule has 8 nitrogen and oxygen atoms in total. The van der Waals surface area contributed by atoms with E-state index in [9.17, 15) is 19.3 Å². The number of hydrogen-bond donors (Lipinski definition) is 2. The van der Waals surface area contributed by atoms with Crippen LogP contribution in [-0.4, -0.2) is 46.7 Å². The van der Waals surface area contributed by atoms with E-state index in [4.69, 9.17) is 9.47 Å². The van der Waals surface area contributed by atoms with Crippen molar-refractivity contribution in [3.8, 4) is 0 Å². The maximum Gasteiger partial charge on any atom is 0.330 e. The maximum absolute atomic E-state index is 11.8. The summed E-state index contributed by atoms with van der Waals surface area (Å²) in [5.74, 6) is 0. The lowest BCUT2D eigenvalue weighted by Crippen LogP contribution is -2.33. The normalized spacial score (nSPS) is 26.2. The Morgan fingerprint density at radius 2 is 2.19 bits per heavy atom. The molecule has 0 bridgehead atoms. The summed E-state index contributed by atoms with van der Waals surface area (Å²) in [6.07, 6.45) is -1.09. The first-order chi connectivity index (χ1) is 9.67. The molecule has 118 valence electrons. The summed E-state index contributed by atoms with van der Waals surface area (Å²) >= 11 is 0. The third-order valence-corrected chi connectivity index (χ3v) is 3.83. The van der Waals surface area contributed by atoms with Gasteiger partial charge in [0.1, 0.15) is 25.8 Å². The van der Waals surface area contributed by atoms with Crippen molar-refractivity contribution in [1.82, 2.24) is 9.55 Å². The number of hydrogen-bond acceptors (Lipinski definition) is 6. The van der Waals surface area contributed by atoms with Crippen LogP contribution in [0.5, 0.6) is 0 Å². The first-order valence-corrected chi connectivity index (χ1v) is 9.27. The fourth-order valence-corrected chi connectivity index (χ4v) is 2.51. The zero-order valence-electron chi connectivity index (χ0n) is 12.1. The summed E-state index contributed by atoms with van der Waals surface area (Å²) in [6, 6.07) is 0. The number of ether oxygens (including phenoxy) is 2. The van der Waals surface area contributed by atoms with Gasteiger partial charge in [-0.15, -0.1) is 0 Å². The van der Waals surface area contributed by atoms with Gasteiger partial charge in [0.25, 0.3) is 5.56 Å². The summed E-state index contributed by atoms with van der Waals surface area (Å²) in [4.78, 5) is 25.3. The lowest BCUT2D eigenvalue weighted by Gasteiger charge is -2.18. The summed E-state index contributed by atoms with van der Waals surface area (Å²) in [7, 11) is -2.39. The second kappa shape index (κ2) is 5.88. The zero-order valence-corrected chi connectivity index (χ0v) is 13.0.